The largest absolute Gasteiger partial charge is 0.502 e. The molecule has 0 bridgehead atoms. The third-order valence-electron chi connectivity index (χ3n) is 3.84. The topological polar surface area (TPSA) is 105 Å². The highest BCUT2D eigenvalue weighted by Gasteiger charge is 2.13. The maximum Gasteiger partial charge on any atom is 0.311 e. The summed E-state index contributed by atoms with van der Waals surface area (Å²) in [6, 6.07) is 11.0. The second kappa shape index (κ2) is 8.50. The van der Waals surface area contributed by atoms with E-state index in [0.717, 1.165) is 29.6 Å². The van der Waals surface area contributed by atoms with Crippen molar-refractivity contribution in [1.29, 1.82) is 0 Å². The zero-order valence-corrected chi connectivity index (χ0v) is 15.1. The van der Waals surface area contributed by atoms with Crippen LogP contribution < -0.4 is 5.32 Å². The number of nitrogens with zero attached hydrogens (tertiary/aromatic N) is 2. The third kappa shape index (κ3) is 4.95. The molecule has 0 unspecified atom stereocenters. The smallest absolute Gasteiger partial charge is 0.311 e. The number of thioether (sulfide) groups is 1. The molecule has 0 saturated heterocycles. The number of phenols is 1. The molecule has 1 aliphatic rings. The fraction of sp³-hybridized carbons (Fsp3) is 0.158. The van der Waals surface area contributed by atoms with E-state index in [1.54, 1.807) is 23.9 Å². The van der Waals surface area contributed by atoms with Crippen LogP contribution in [0.5, 0.6) is 5.75 Å². The number of rotatable bonds is 5. The van der Waals surface area contributed by atoms with Gasteiger partial charge in [-0.15, -0.1) is 0 Å². The van der Waals surface area contributed by atoms with Crippen LogP contribution in [0.2, 0.25) is 0 Å². The summed E-state index contributed by atoms with van der Waals surface area (Å²) in [6.07, 6.45) is 3.91. The van der Waals surface area contributed by atoms with Gasteiger partial charge in [0.1, 0.15) is 0 Å². The fourth-order valence-electron chi connectivity index (χ4n) is 2.44. The molecule has 0 spiro atoms. The molecule has 0 amide bonds. The molecule has 2 N–H and O–H groups in total. The SMILES string of the molecule is O=C(/C=C/c1ccc(O)c([N+](=O)[O-])c1)c1ccc(NC2=NCCCS2)cc1. The van der Waals surface area contributed by atoms with Crippen LogP contribution >= 0.6 is 11.8 Å². The lowest BCUT2D eigenvalue weighted by Crippen LogP contribution is -2.13. The number of hydrogen-bond donors (Lipinski definition) is 2. The highest BCUT2D eigenvalue weighted by atomic mass is 32.2. The molecule has 7 nitrogen and oxygen atoms in total. The maximum atomic E-state index is 12.3. The maximum absolute atomic E-state index is 12.3. The van der Waals surface area contributed by atoms with Crippen molar-refractivity contribution in [1.82, 2.24) is 0 Å². The Morgan fingerprint density at radius 3 is 2.70 bits per heavy atom. The summed E-state index contributed by atoms with van der Waals surface area (Å²) >= 11 is 1.67. The van der Waals surface area contributed by atoms with Gasteiger partial charge in [-0.1, -0.05) is 23.9 Å². The summed E-state index contributed by atoms with van der Waals surface area (Å²) in [6.45, 7) is 0.826. The Kier molecular flexibility index (Phi) is 5.87. The number of benzene rings is 2. The van der Waals surface area contributed by atoms with Crippen LogP contribution in [0.25, 0.3) is 6.08 Å². The second-order valence-electron chi connectivity index (χ2n) is 5.79. The minimum absolute atomic E-state index is 0.221. The molecule has 0 aromatic heterocycles. The number of hydrogen-bond acceptors (Lipinski definition) is 7. The summed E-state index contributed by atoms with van der Waals surface area (Å²) in [5.41, 5.74) is 1.42. The lowest BCUT2D eigenvalue weighted by molar-refractivity contribution is -0.385. The summed E-state index contributed by atoms with van der Waals surface area (Å²) in [5, 5.41) is 24.4. The number of aliphatic imine (C=N–C) groups is 1. The average Bonchev–Trinajstić information content (AvgIpc) is 2.68. The van der Waals surface area contributed by atoms with Crippen molar-refractivity contribution in [3.8, 4) is 5.75 Å². The monoisotopic (exact) mass is 383 g/mol. The first-order chi connectivity index (χ1) is 13.0. The van der Waals surface area contributed by atoms with Crippen molar-refractivity contribution in [2.24, 2.45) is 4.99 Å². The summed E-state index contributed by atoms with van der Waals surface area (Å²) in [5.74, 6) is 0.414. The van der Waals surface area contributed by atoms with Crippen molar-refractivity contribution in [2.45, 2.75) is 6.42 Å². The highest BCUT2D eigenvalue weighted by Crippen LogP contribution is 2.26. The summed E-state index contributed by atoms with van der Waals surface area (Å²) in [7, 11) is 0. The molecule has 0 aliphatic carbocycles. The van der Waals surface area contributed by atoms with Crippen molar-refractivity contribution in [3.63, 3.8) is 0 Å². The fourth-order valence-corrected chi connectivity index (χ4v) is 3.27. The number of amidine groups is 1. The Morgan fingerprint density at radius 1 is 1.26 bits per heavy atom. The molecule has 3 rings (SSSR count). The number of nitro benzene ring substituents is 1. The summed E-state index contributed by atoms with van der Waals surface area (Å²) < 4.78 is 0. The number of anilines is 1. The highest BCUT2D eigenvalue weighted by molar-refractivity contribution is 8.14. The van der Waals surface area contributed by atoms with Gasteiger partial charge in [-0.05, 0) is 48.4 Å². The predicted octanol–water partition coefficient (Wildman–Crippen LogP) is 4.10. The number of nitrogens with one attached hydrogen (secondary N) is 1. The van der Waals surface area contributed by atoms with Crippen LogP contribution in [0.4, 0.5) is 11.4 Å². The van der Waals surface area contributed by atoms with E-state index >= 15 is 0 Å². The molecule has 0 saturated carbocycles. The normalized spacial score (nSPS) is 14.0. The molecular formula is C19H17N3O4S. The van der Waals surface area contributed by atoms with Gasteiger partial charge in [0.15, 0.2) is 16.7 Å². The van der Waals surface area contributed by atoms with Crippen LogP contribution in [0, 0.1) is 10.1 Å². The minimum Gasteiger partial charge on any atom is -0.502 e. The number of nitro groups is 1. The zero-order valence-electron chi connectivity index (χ0n) is 14.3. The summed E-state index contributed by atoms with van der Waals surface area (Å²) in [4.78, 5) is 26.9. The Bertz CT molecular complexity index is 923. The average molecular weight is 383 g/mol. The van der Waals surface area contributed by atoms with Crippen LogP contribution in [-0.4, -0.2) is 33.3 Å². The molecule has 1 heterocycles. The van der Waals surface area contributed by atoms with Crippen LogP contribution in [0.3, 0.4) is 0 Å². The Labute approximate surface area is 160 Å². The van der Waals surface area contributed by atoms with E-state index in [-0.39, 0.29) is 5.78 Å². The van der Waals surface area contributed by atoms with Crippen molar-refractivity contribution >= 4 is 40.2 Å². The Balaban J connectivity index is 1.67. The first-order valence-electron chi connectivity index (χ1n) is 8.27. The van der Waals surface area contributed by atoms with Crippen molar-refractivity contribution in [2.75, 3.05) is 17.6 Å². The van der Waals surface area contributed by atoms with Gasteiger partial charge in [0.05, 0.1) is 4.92 Å². The van der Waals surface area contributed by atoms with Crippen LogP contribution in [-0.2, 0) is 0 Å². The lowest BCUT2D eigenvalue weighted by atomic mass is 10.1. The van der Waals surface area contributed by atoms with Crippen LogP contribution in [0.1, 0.15) is 22.3 Å². The van der Waals surface area contributed by atoms with Gasteiger partial charge in [0.25, 0.3) is 0 Å². The van der Waals surface area contributed by atoms with E-state index in [4.69, 9.17) is 0 Å². The Morgan fingerprint density at radius 2 is 2.04 bits per heavy atom. The van der Waals surface area contributed by atoms with Gasteiger partial charge in [-0.2, -0.15) is 0 Å². The molecule has 2 aromatic rings. The molecule has 2 aromatic carbocycles. The standard InChI is InChI=1S/C19H17N3O4S/c23-17(8-2-13-3-9-18(24)16(12-13)22(25)26)14-4-6-15(7-5-14)21-19-20-10-1-11-27-19/h2-9,12,24H,1,10-11H2,(H,20,21)/b8-2+. The van der Waals surface area contributed by atoms with Gasteiger partial charge >= 0.3 is 5.69 Å². The second-order valence-corrected chi connectivity index (χ2v) is 6.88. The van der Waals surface area contributed by atoms with Gasteiger partial charge in [-0.3, -0.25) is 19.9 Å². The van der Waals surface area contributed by atoms with Crippen molar-refractivity contribution in [3.05, 3.63) is 69.8 Å². The van der Waals surface area contributed by atoms with Gasteiger partial charge in [0.2, 0.25) is 0 Å². The molecular weight excluding hydrogens is 366 g/mol. The van der Waals surface area contributed by atoms with E-state index < -0.39 is 16.4 Å². The number of ketones is 1. The van der Waals surface area contributed by atoms with E-state index in [1.807, 2.05) is 12.1 Å². The molecule has 138 valence electrons. The first kappa shape index (κ1) is 18.7. The molecule has 8 heteroatoms. The Hall–Kier alpha value is -3.13. The van der Waals surface area contributed by atoms with Gasteiger partial charge in [0, 0.05) is 29.6 Å². The molecule has 0 radical (unpaired) electrons. The van der Waals surface area contributed by atoms with Gasteiger partial charge in [-0.25, -0.2) is 0 Å². The van der Waals surface area contributed by atoms with E-state index in [2.05, 4.69) is 10.3 Å². The van der Waals surface area contributed by atoms with E-state index in [9.17, 15) is 20.0 Å². The van der Waals surface area contributed by atoms with E-state index in [0.29, 0.717) is 11.1 Å². The number of carbonyl (C=O) groups is 1. The van der Waals surface area contributed by atoms with Crippen LogP contribution in [0.15, 0.2) is 53.5 Å². The zero-order chi connectivity index (χ0) is 19.2. The molecule has 0 fully saturated rings. The molecule has 0 atom stereocenters. The lowest BCUT2D eigenvalue weighted by Gasteiger charge is -2.13. The minimum atomic E-state index is -0.672. The van der Waals surface area contributed by atoms with Gasteiger partial charge < -0.3 is 10.4 Å². The number of allylic oxidation sites excluding steroid dienone is 1. The predicted molar refractivity (Wildman–Crippen MR) is 108 cm³/mol. The third-order valence-corrected chi connectivity index (χ3v) is 4.84. The number of carbonyl (C=O) groups excluding carboxylic acids is 1. The molecule has 27 heavy (non-hydrogen) atoms. The van der Waals surface area contributed by atoms with E-state index in [1.165, 1.54) is 30.4 Å². The quantitative estimate of drug-likeness (QED) is 0.349. The molecule has 1 aliphatic heterocycles. The van der Waals surface area contributed by atoms with Crippen molar-refractivity contribution < 1.29 is 14.8 Å². The number of aromatic hydroxyl groups is 1. The first-order valence-corrected chi connectivity index (χ1v) is 9.25. The number of phenolic OH excluding ortho intramolecular Hbond substituents is 1.